The van der Waals surface area contributed by atoms with Gasteiger partial charge in [0.2, 0.25) is 0 Å². The molecule has 0 saturated heterocycles. The standard InChI is InChI=1S/C14H21NO2S/c1-9(2)18-10-7-11(16-3)13(12(8-10)17-4)14(15)5-6-14/h7-9H,5-6,15H2,1-4H3. The minimum Gasteiger partial charge on any atom is -0.496 e. The lowest BCUT2D eigenvalue weighted by molar-refractivity contribution is 0.375. The van der Waals surface area contributed by atoms with E-state index in [0.717, 1.165) is 34.8 Å². The average molecular weight is 267 g/mol. The molecule has 2 N–H and O–H groups in total. The molecule has 3 nitrogen and oxygen atoms in total. The van der Waals surface area contributed by atoms with Crippen LogP contribution in [0.2, 0.25) is 0 Å². The van der Waals surface area contributed by atoms with Crippen molar-refractivity contribution in [2.75, 3.05) is 14.2 Å². The summed E-state index contributed by atoms with van der Waals surface area (Å²) in [5.74, 6) is 1.69. The van der Waals surface area contributed by atoms with E-state index in [1.54, 1.807) is 26.0 Å². The fourth-order valence-corrected chi connectivity index (χ4v) is 3.00. The van der Waals surface area contributed by atoms with Crippen LogP contribution in [0.4, 0.5) is 0 Å². The number of benzene rings is 1. The second-order valence-corrected chi connectivity index (χ2v) is 6.68. The highest BCUT2D eigenvalue weighted by molar-refractivity contribution is 7.99. The zero-order valence-corrected chi connectivity index (χ0v) is 12.3. The van der Waals surface area contributed by atoms with Crippen LogP contribution in [0, 0.1) is 0 Å². The average Bonchev–Trinajstić information content (AvgIpc) is 3.06. The SMILES string of the molecule is COc1cc(SC(C)C)cc(OC)c1C1(N)CC1. The Kier molecular flexibility index (Phi) is 3.78. The van der Waals surface area contributed by atoms with Gasteiger partial charge in [-0.25, -0.2) is 0 Å². The monoisotopic (exact) mass is 267 g/mol. The van der Waals surface area contributed by atoms with Crippen LogP contribution in [0.15, 0.2) is 17.0 Å². The summed E-state index contributed by atoms with van der Waals surface area (Å²) in [4.78, 5) is 1.16. The van der Waals surface area contributed by atoms with E-state index >= 15 is 0 Å². The molecule has 0 unspecified atom stereocenters. The van der Waals surface area contributed by atoms with Gasteiger partial charge >= 0.3 is 0 Å². The summed E-state index contributed by atoms with van der Waals surface area (Å²) in [6, 6.07) is 4.13. The summed E-state index contributed by atoms with van der Waals surface area (Å²) >= 11 is 1.80. The topological polar surface area (TPSA) is 44.5 Å². The molecule has 1 aromatic rings. The van der Waals surface area contributed by atoms with E-state index in [-0.39, 0.29) is 5.54 Å². The summed E-state index contributed by atoms with van der Waals surface area (Å²) in [6.45, 7) is 4.34. The summed E-state index contributed by atoms with van der Waals surface area (Å²) in [5.41, 5.74) is 7.07. The lowest BCUT2D eigenvalue weighted by Gasteiger charge is -2.20. The molecule has 0 atom stereocenters. The minimum atomic E-state index is -0.252. The highest BCUT2D eigenvalue weighted by Crippen LogP contribution is 2.51. The number of nitrogens with two attached hydrogens (primary N) is 1. The van der Waals surface area contributed by atoms with Crippen LogP contribution in [0.3, 0.4) is 0 Å². The molecule has 0 radical (unpaired) electrons. The van der Waals surface area contributed by atoms with Crippen LogP contribution in [-0.2, 0) is 5.54 Å². The predicted octanol–water partition coefficient (Wildman–Crippen LogP) is 3.15. The molecule has 0 aliphatic heterocycles. The smallest absolute Gasteiger partial charge is 0.128 e. The quantitative estimate of drug-likeness (QED) is 0.832. The summed E-state index contributed by atoms with van der Waals surface area (Å²) in [6.07, 6.45) is 1.99. The van der Waals surface area contributed by atoms with Gasteiger partial charge in [-0.1, -0.05) is 13.8 Å². The third kappa shape index (κ3) is 2.59. The zero-order chi connectivity index (χ0) is 13.3. The molecule has 0 heterocycles. The van der Waals surface area contributed by atoms with Crippen molar-refractivity contribution in [3.05, 3.63) is 17.7 Å². The van der Waals surface area contributed by atoms with Crippen LogP contribution < -0.4 is 15.2 Å². The maximum absolute atomic E-state index is 6.31. The predicted molar refractivity (Wildman–Crippen MR) is 75.6 cm³/mol. The minimum absolute atomic E-state index is 0.252. The van der Waals surface area contributed by atoms with Crippen molar-refractivity contribution in [1.29, 1.82) is 0 Å². The number of methoxy groups -OCH3 is 2. The molecule has 1 fully saturated rings. The van der Waals surface area contributed by atoms with Gasteiger partial charge in [0, 0.05) is 15.7 Å². The molecule has 0 spiro atoms. The third-order valence-electron chi connectivity index (χ3n) is 3.14. The first-order valence-corrected chi connectivity index (χ1v) is 7.10. The molecule has 18 heavy (non-hydrogen) atoms. The Morgan fingerprint density at radius 1 is 1.17 bits per heavy atom. The van der Waals surface area contributed by atoms with Crippen LogP contribution in [-0.4, -0.2) is 19.5 Å². The van der Waals surface area contributed by atoms with E-state index < -0.39 is 0 Å². The number of hydrogen-bond acceptors (Lipinski definition) is 4. The number of hydrogen-bond donors (Lipinski definition) is 1. The van der Waals surface area contributed by atoms with Crippen molar-refractivity contribution in [1.82, 2.24) is 0 Å². The van der Waals surface area contributed by atoms with Gasteiger partial charge in [0.05, 0.1) is 19.8 Å². The largest absolute Gasteiger partial charge is 0.496 e. The lowest BCUT2D eigenvalue weighted by atomic mass is 10.0. The molecule has 1 saturated carbocycles. The van der Waals surface area contributed by atoms with E-state index in [2.05, 4.69) is 26.0 Å². The molecule has 100 valence electrons. The van der Waals surface area contributed by atoms with Crippen molar-refractivity contribution in [3.8, 4) is 11.5 Å². The van der Waals surface area contributed by atoms with Crippen molar-refractivity contribution >= 4 is 11.8 Å². The Balaban J connectivity index is 2.46. The van der Waals surface area contributed by atoms with Crippen molar-refractivity contribution < 1.29 is 9.47 Å². The number of ether oxygens (including phenoxy) is 2. The van der Waals surface area contributed by atoms with Gasteiger partial charge in [0.1, 0.15) is 11.5 Å². The fraction of sp³-hybridized carbons (Fsp3) is 0.571. The molecule has 0 bridgehead atoms. The van der Waals surface area contributed by atoms with Crippen LogP contribution in [0.1, 0.15) is 32.3 Å². The van der Waals surface area contributed by atoms with E-state index in [4.69, 9.17) is 15.2 Å². The first kappa shape index (κ1) is 13.6. The molecule has 1 aromatic carbocycles. The highest BCUT2D eigenvalue weighted by Gasteiger charge is 2.44. The van der Waals surface area contributed by atoms with Gasteiger partial charge < -0.3 is 15.2 Å². The lowest BCUT2D eigenvalue weighted by Crippen LogP contribution is -2.20. The molecule has 1 aliphatic carbocycles. The second-order valence-electron chi connectivity index (χ2n) is 5.03. The second kappa shape index (κ2) is 5.02. The first-order chi connectivity index (χ1) is 8.50. The van der Waals surface area contributed by atoms with E-state index in [1.165, 1.54) is 0 Å². The summed E-state index contributed by atoms with van der Waals surface area (Å²) < 4.78 is 11.0. The van der Waals surface area contributed by atoms with E-state index in [1.807, 2.05) is 0 Å². The normalized spacial score (nSPS) is 16.8. The van der Waals surface area contributed by atoms with Gasteiger partial charge in [0.25, 0.3) is 0 Å². The highest BCUT2D eigenvalue weighted by atomic mass is 32.2. The molecular weight excluding hydrogens is 246 g/mol. The van der Waals surface area contributed by atoms with Gasteiger partial charge in [0.15, 0.2) is 0 Å². The maximum Gasteiger partial charge on any atom is 0.128 e. The van der Waals surface area contributed by atoms with E-state index in [0.29, 0.717) is 5.25 Å². The maximum atomic E-state index is 6.31. The Bertz CT molecular complexity index is 416. The third-order valence-corrected chi connectivity index (χ3v) is 4.12. The van der Waals surface area contributed by atoms with Crippen LogP contribution in [0.5, 0.6) is 11.5 Å². The molecule has 1 aliphatic rings. The summed E-state index contributed by atoms with van der Waals surface area (Å²) in [5, 5.41) is 0.526. The van der Waals surface area contributed by atoms with Gasteiger partial charge in [-0.3, -0.25) is 0 Å². The molecule has 2 rings (SSSR count). The van der Waals surface area contributed by atoms with Crippen molar-refractivity contribution in [2.24, 2.45) is 5.73 Å². The molecule has 0 amide bonds. The number of rotatable bonds is 5. The summed E-state index contributed by atoms with van der Waals surface area (Å²) in [7, 11) is 3.38. The van der Waals surface area contributed by atoms with Crippen molar-refractivity contribution in [3.63, 3.8) is 0 Å². The molecular formula is C14H21NO2S. The Morgan fingerprint density at radius 2 is 1.67 bits per heavy atom. The van der Waals surface area contributed by atoms with Crippen LogP contribution in [0.25, 0.3) is 0 Å². The van der Waals surface area contributed by atoms with Crippen LogP contribution >= 0.6 is 11.8 Å². The number of thioether (sulfide) groups is 1. The molecule has 4 heteroatoms. The Hall–Kier alpha value is -0.870. The van der Waals surface area contributed by atoms with Gasteiger partial charge in [-0.05, 0) is 25.0 Å². The van der Waals surface area contributed by atoms with Crippen molar-refractivity contribution in [2.45, 2.75) is 42.4 Å². The molecule has 0 aromatic heterocycles. The van der Waals surface area contributed by atoms with E-state index in [9.17, 15) is 0 Å². The fourth-order valence-electron chi connectivity index (χ4n) is 2.10. The van der Waals surface area contributed by atoms with Gasteiger partial charge in [-0.2, -0.15) is 0 Å². The zero-order valence-electron chi connectivity index (χ0n) is 11.4. The van der Waals surface area contributed by atoms with Gasteiger partial charge in [-0.15, -0.1) is 11.8 Å². The Morgan fingerprint density at radius 3 is 2.00 bits per heavy atom. The Labute approximate surface area is 113 Å². The first-order valence-electron chi connectivity index (χ1n) is 6.22.